The van der Waals surface area contributed by atoms with Gasteiger partial charge in [-0.05, 0) is 88.3 Å². The van der Waals surface area contributed by atoms with Crippen LogP contribution >= 0.6 is 35.1 Å². The van der Waals surface area contributed by atoms with Gasteiger partial charge in [-0.3, -0.25) is 9.59 Å². The highest BCUT2D eigenvalue weighted by atomic mass is 35.5. The molecular formula is C29H34ClFN6O3S2. The number of carbonyl (C=O) groups excluding carboxylic acids is 2. The first-order chi connectivity index (χ1) is 20.4. The molecule has 13 heteroatoms. The van der Waals surface area contributed by atoms with Gasteiger partial charge in [0.2, 0.25) is 11.8 Å². The number of hydrogen-bond donors (Lipinski definition) is 3. The standard InChI is InChI=1S/C29H34ClFN6O3S2/c1-36-26(28(39)34-20-7-10-24(31)23(30)15-20)16-25(35-42-36)27(38)32-17-22-18-33-29(41-22)19-5-8-21(9-6-19)40-14-4-13-37-11-2-3-12-37/h5-10,15,18,25-26,35H,2-4,11-14,16-17H2,1H3,(H,32,38)(H,34,39). The lowest BCUT2D eigenvalue weighted by atomic mass is 10.1. The van der Waals surface area contributed by atoms with Gasteiger partial charge in [0.05, 0.1) is 24.2 Å². The van der Waals surface area contributed by atoms with Gasteiger partial charge in [-0.25, -0.2) is 18.4 Å². The lowest BCUT2D eigenvalue weighted by Crippen LogP contribution is -2.53. The van der Waals surface area contributed by atoms with Gasteiger partial charge in [-0.1, -0.05) is 11.6 Å². The van der Waals surface area contributed by atoms with Crippen LogP contribution in [0.15, 0.2) is 48.7 Å². The average Bonchev–Trinajstić information content (AvgIpc) is 3.69. The van der Waals surface area contributed by atoms with E-state index >= 15 is 0 Å². The number of nitrogens with zero attached hydrogens (tertiary/aromatic N) is 3. The van der Waals surface area contributed by atoms with Crippen LogP contribution in [0.5, 0.6) is 5.75 Å². The molecule has 1 aromatic heterocycles. The van der Waals surface area contributed by atoms with E-state index in [0.29, 0.717) is 18.8 Å². The van der Waals surface area contributed by atoms with Gasteiger partial charge in [0.25, 0.3) is 0 Å². The molecular weight excluding hydrogens is 599 g/mol. The van der Waals surface area contributed by atoms with Crippen molar-refractivity contribution in [3.8, 4) is 16.3 Å². The van der Waals surface area contributed by atoms with Gasteiger partial charge in [-0.15, -0.1) is 11.3 Å². The summed E-state index contributed by atoms with van der Waals surface area (Å²) in [4.78, 5) is 33.8. The monoisotopic (exact) mass is 632 g/mol. The molecule has 5 rings (SSSR count). The van der Waals surface area contributed by atoms with Crippen LogP contribution in [0, 0.1) is 5.82 Å². The number of thiazole rings is 1. The number of benzene rings is 2. The third kappa shape index (κ3) is 8.21. The largest absolute Gasteiger partial charge is 0.494 e. The summed E-state index contributed by atoms with van der Waals surface area (Å²) in [6, 6.07) is 10.8. The fourth-order valence-electron chi connectivity index (χ4n) is 4.86. The molecule has 2 fully saturated rings. The molecule has 3 aromatic rings. The molecule has 3 N–H and O–H groups in total. The predicted molar refractivity (Wildman–Crippen MR) is 166 cm³/mol. The number of aromatic nitrogens is 1. The molecule has 2 atom stereocenters. The van der Waals surface area contributed by atoms with Crippen molar-refractivity contribution in [3.05, 3.63) is 64.4 Å². The molecule has 3 heterocycles. The van der Waals surface area contributed by atoms with E-state index in [2.05, 4.69) is 25.2 Å². The Morgan fingerprint density at radius 1 is 1.17 bits per heavy atom. The second-order valence-corrected chi connectivity index (χ2v) is 12.8. The van der Waals surface area contributed by atoms with E-state index in [1.165, 1.54) is 67.6 Å². The Labute approximate surface area is 258 Å². The van der Waals surface area contributed by atoms with Crippen LogP contribution in [0.2, 0.25) is 5.02 Å². The quantitative estimate of drug-likeness (QED) is 0.202. The number of hydrogen-bond acceptors (Lipinski definition) is 9. The zero-order chi connectivity index (χ0) is 29.5. The molecule has 2 aromatic carbocycles. The van der Waals surface area contributed by atoms with Crippen molar-refractivity contribution in [3.63, 3.8) is 0 Å². The summed E-state index contributed by atoms with van der Waals surface area (Å²) in [6.45, 7) is 4.54. The number of amides is 2. The summed E-state index contributed by atoms with van der Waals surface area (Å²) < 4.78 is 24.2. The van der Waals surface area contributed by atoms with Crippen molar-refractivity contribution in [2.75, 3.05) is 38.6 Å². The van der Waals surface area contributed by atoms with Crippen molar-refractivity contribution in [2.24, 2.45) is 0 Å². The minimum Gasteiger partial charge on any atom is -0.494 e. The summed E-state index contributed by atoms with van der Waals surface area (Å²) >= 11 is 8.54. The molecule has 0 bridgehead atoms. The van der Waals surface area contributed by atoms with E-state index in [-0.39, 0.29) is 23.3 Å². The SMILES string of the molecule is CN1SNC(C(=O)NCc2cnc(-c3ccc(OCCCN4CCCC4)cc3)s2)CC1C(=O)Nc1ccc(F)c(Cl)c1. The van der Waals surface area contributed by atoms with Crippen molar-refractivity contribution in [1.29, 1.82) is 0 Å². The molecule has 2 unspecified atom stereocenters. The number of ether oxygens (including phenoxy) is 1. The van der Waals surface area contributed by atoms with Gasteiger partial charge in [0.1, 0.15) is 22.6 Å². The Balaban J connectivity index is 1.07. The Kier molecular flexibility index (Phi) is 10.7. The third-order valence-corrected chi connectivity index (χ3v) is 9.49. The molecule has 0 aliphatic carbocycles. The molecule has 224 valence electrons. The number of nitrogens with one attached hydrogen (secondary N) is 3. The maximum atomic E-state index is 13.5. The topological polar surface area (TPSA) is 98.8 Å². The zero-order valence-corrected chi connectivity index (χ0v) is 25.7. The molecule has 0 radical (unpaired) electrons. The molecule has 2 aliphatic rings. The Bertz CT molecular complexity index is 1370. The molecule has 2 amide bonds. The van der Waals surface area contributed by atoms with Crippen LogP contribution in [-0.2, 0) is 16.1 Å². The summed E-state index contributed by atoms with van der Waals surface area (Å²) in [7, 11) is 1.76. The number of anilines is 1. The number of carbonyl (C=O) groups is 2. The summed E-state index contributed by atoms with van der Waals surface area (Å²) in [6.07, 6.45) is 5.66. The van der Waals surface area contributed by atoms with Gasteiger partial charge in [0, 0.05) is 41.0 Å². The first kappa shape index (κ1) is 30.7. The maximum absolute atomic E-state index is 13.5. The zero-order valence-electron chi connectivity index (χ0n) is 23.3. The Morgan fingerprint density at radius 2 is 1.95 bits per heavy atom. The number of halogens is 2. The second kappa shape index (κ2) is 14.6. The van der Waals surface area contributed by atoms with Crippen LogP contribution in [-0.4, -0.2) is 71.4 Å². The fourth-order valence-corrected chi connectivity index (χ4v) is 6.70. The van der Waals surface area contributed by atoms with Crippen LogP contribution in [0.4, 0.5) is 10.1 Å². The molecule has 2 aliphatic heterocycles. The lowest BCUT2D eigenvalue weighted by molar-refractivity contribution is -0.124. The van der Waals surface area contributed by atoms with Gasteiger partial charge < -0.3 is 20.3 Å². The maximum Gasteiger partial charge on any atom is 0.242 e. The molecule has 42 heavy (non-hydrogen) atoms. The Hall–Kier alpha value is -2.74. The van der Waals surface area contributed by atoms with E-state index in [1.54, 1.807) is 17.5 Å². The van der Waals surface area contributed by atoms with E-state index in [4.69, 9.17) is 16.3 Å². The molecule has 9 nitrogen and oxygen atoms in total. The summed E-state index contributed by atoms with van der Waals surface area (Å²) in [5.74, 6) is -0.228. The molecule has 0 spiro atoms. The van der Waals surface area contributed by atoms with Crippen molar-refractivity contribution >= 4 is 52.6 Å². The van der Waals surface area contributed by atoms with Crippen molar-refractivity contribution < 1.29 is 18.7 Å². The normalized spacial score (nSPS) is 19.5. The van der Waals surface area contributed by atoms with Gasteiger partial charge >= 0.3 is 0 Å². The smallest absolute Gasteiger partial charge is 0.242 e. The highest BCUT2D eigenvalue weighted by Crippen LogP contribution is 2.28. The van der Waals surface area contributed by atoms with Crippen LogP contribution in [0.25, 0.3) is 10.6 Å². The first-order valence-corrected chi connectivity index (χ1v) is 15.9. The fraction of sp³-hybridized carbons (Fsp3) is 0.414. The molecule has 0 saturated carbocycles. The summed E-state index contributed by atoms with van der Waals surface area (Å²) in [5, 5.41) is 6.49. The van der Waals surface area contributed by atoms with E-state index in [1.807, 2.05) is 24.3 Å². The number of rotatable bonds is 11. The highest BCUT2D eigenvalue weighted by molar-refractivity contribution is 7.95. The average molecular weight is 633 g/mol. The lowest BCUT2D eigenvalue weighted by Gasteiger charge is -2.34. The minimum absolute atomic E-state index is 0.0750. The van der Waals surface area contributed by atoms with Crippen molar-refractivity contribution in [1.82, 2.24) is 24.2 Å². The first-order valence-electron chi connectivity index (χ1n) is 13.9. The van der Waals surface area contributed by atoms with Crippen molar-refractivity contribution in [2.45, 2.75) is 44.3 Å². The molecule has 2 saturated heterocycles. The predicted octanol–water partition coefficient (Wildman–Crippen LogP) is 4.95. The second-order valence-electron chi connectivity index (χ2n) is 10.3. The van der Waals surface area contributed by atoms with Crippen LogP contribution in [0.1, 0.15) is 30.6 Å². The van der Waals surface area contributed by atoms with Gasteiger partial charge in [0.15, 0.2) is 0 Å². The number of likely N-dealkylation sites (tertiary alicyclic amines) is 1. The van der Waals surface area contributed by atoms with Gasteiger partial charge in [-0.2, -0.15) is 0 Å². The summed E-state index contributed by atoms with van der Waals surface area (Å²) in [5.41, 5.74) is 1.38. The highest BCUT2D eigenvalue weighted by Gasteiger charge is 2.35. The Morgan fingerprint density at radius 3 is 2.71 bits per heavy atom. The van der Waals surface area contributed by atoms with Crippen LogP contribution < -0.4 is 20.1 Å². The van der Waals surface area contributed by atoms with E-state index in [9.17, 15) is 14.0 Å². The number of likely N-dealkylation sites (N-methyl/N-ethyl adjacent to an activating group) is 1. The van der Waals surface area contributed by atoms with E-state index in [0.717, 1.165) is 34.2 Å². The van der Waals surface area contributed by atoms with E-state index < -0.39 is 17.9 Å². The van der Waals surface area contributed by atoms with Crippen LogP contribution in [0.3, 0.4) is 0 Å². The third-order valence-electron chi connectivity index (χ3n) is 7.22. The minimum atomic E-state index is -0.581.